The van der Waals surface area contributed by atoms with E-state index in [0.717, 1.165) is 38.2 Å². The van der Waals surface area contributed by atoms with E-state index in [2.05, 4.69) is 22.1 Å². The third-order valence-electron chi connectivity index (χ3n) is 3.90. The molecule has 2 rings (SSSR count). The number of carbonyl (C=O) groups excluding carboxylic acids is 1. The van der Waals surface area contributed by atoms with Crippen molar-refractivity contribution in [2.75, 3.05) is 23.3 Å². The molecule has 1 atom stereocenters. The van der Waals surface area contributed by atoms with Gasteiger partial charge in [-0.3, -0.25) is 4.79 Å². The Morgan fingerprint density at radius 1 is 1.38 bits per heavy atom. The zero-order valence-corrected chi connectivity index (χ0v) is 12.8. The average Bonchev–Trinajstić information content (AvgIpc) is 2.54. The maximum absolute atomic E-state index is 11.9. The van der Waals surface area contributed by atoms with E-state index >= 15 is 0 Å². The van der Waals surface area contributed by atoms with Crippen LogP contribution in [-0.4, -0.2) is 30.0 Å². The Kier molecular flexibility index (Phi) is 5.99. The van der Waals surface area contributed by atoms with E-state index in [1.54, 1.807) is 6.20 Å². The van der Waals surface area contributed by atoms with Crippen LogP contribution in [0.3, 0.4) is 0 Å². The van der Waals surface area contributed by atoms with Crippen LogP contribution in [0.4, 0.5) is 11.5 Å². The lowest BCUT2D eigenvalue weighted by molar-refractivity contribution is -0.117. The largest absolute Gasteiger partial charge is 0.357 e. The molecular weight excluding hydrogens is 264 g/mol. The van der Waals surface area contributed by atoms with Crippen molar-refractivity contribution in [3.8, 4) is 0 Å². The second-order valence-corrected chi connectivity index (χ2v) is 5.69. The zero-order valence-electron chi connectivity index (χ0n) is 12.8. The van der Waals surface area contributed by atoms with Gasteiger partial charge in [-0.2, -0.15) is 0 Å². The van der Waals surface area contributed by atoms with E-state index in [-0.39, 0.29) is 5.91 Å². The highest BCUT2D eigenvalue weighted by molar-refractivity contribution is 5.94. The first kappa shape index (κ1) is 15.8. The third-order valence-corrected chi connectivity index (χ3v) is 3.90. The molecule has 0 aliphatic carbocycles. The van der Waals surface area contributed by atoms with Gasteiger partial charge in [0.1, 0.15) is 5.82 Å². The van der Waals surface area contributed by atoms with Crippen molar-refractivity contribution >= 4 is 17.4 Å². The summed E-state index contributed by atoms with van der Waals surface area (Å²) in [5.74, 6) is 0.860. The van der Waals surface area contributed by atoms with Crippen LogP contribution in [0, 0.1) is 0 Å². The molecule has 1 unspecified atom stereocenters. The molecule has 0 radical (unpaired) electrons. The molecule has 5 heteroatoms. The number of nitrogens with one attached hydrogen (secondary N) is 1. The summed E-state index contributed by atoms with van der Waals surface area (Å²) >= 11 is 0. The Balaban J connectivity index is 1.88. The minimum Gasteiger partial charge on any atom is -0.357 e. The van der Waals surface area contributed by atoms with Crippen molar-refractivity contribution in [3.63, 3.8) is 0 Å². The third kappa shape index (κ3) is 4.70. The molecule has 1 fully saturated rings. The maximum Gasteiger partial charge on any atom is 0.241 e. The second kappa shape index (κ2) is 7.98. The standard InChI is InChI=1S/C16H26N4O/c1-2-3-7-14(17)16(21)19-13-8-9-15(18-12-13)20-10-5-4-6-11-20/h8-9,12,14H,2-7,10-11,17H2,1H3,(H,19,21). The van der Waals surface area contributed by atoms with Gasteiger partial charge in [0.15, 0.2) is 0 Å². The fraction of sp³-hybridized carbons (Fsp3) is 0.625. The van der Waals surface area contributed by atoms with Gasteiger partial charge in [0.2, 0.25) is 5.91 Å². The van der Waals surface area contributed by atoms with Gasteiger partial charge in [-0.15, -0.1) is 0 Å². The van der Waals surface area contributed by atoms with E-state index in [1.807, 2.05) is 12.1 Å². The number of nitrogens with two attached hydrogens (primary N) is 1. The van der Waals surface area contributed by atoms with Crippen LogP contribution in [0.5, 0.6) is 0 Å². The van der Waals surface area contributed by atoms with Crippen molar-refractivity contribution in [2.45, 2.75) is 51.5 Å². The minimum absolute atomic E-state index is 0.129. The number of anilines is 2. The molecule has 0 bridgehead atoms. The molecular formula is C16H26N4O. The van der Waals surface area contributed by atoms with Crippen LogP contribution in [0.15, 0.2) is 18.3 Å². The number of carbonyl (C=O) groups is 1. The molecule has 1 aromatic rings. The van der Waals surface area contributed by atoms with Crippen molar-refractivity contribution in [1.82, 2.24) is 4.98 Å². The maximum atomic E-state index is 11.9. The van der Waals surface area contributed by atoms with Crippen molar-refractivity contribution < 1.29 is 4.79 Å². The monoisotopic (exact) mass is 290 g/mol. The first-order valence-electron chi connectivity index (χ1n) is 7.98. The van der Waals surface area contributed by atoms with Gasteiger partial charge in [-0.1, -0.05) is 19.8 Å². The molecule has 0 saturated carbocycles. The van der Waals surface area contributed by atoms with Crippen LogP contribution >= 0.6 is 0 Å². The Bertz CT molecular complexity index is 440. The SMILES string of the molecule is CCCCC(N)C(=O)Nc1ccc(N2CCCCC2)nc1. The summed E-state index contributed by atoms with van der Waals surface area (Å²) in [4.78, 5) is 18.7. The molecule has 1 amide bonds. The van der Waals surface area contributed by atoms with Gasteiger partial charge in [0, 0.05) is 13.1 Å². The molecule has 3 N–H and O–H groups in total. The van der Waals surface area contributed by atoms with E-state index < -0.39 is 6.04 Å². The van der Waals surface area contributed by atoms with Crippen molar-refractivity contribution in [1.29, 1.82) is 0 Å². The van der Waals surface area contributed by atoms with Crippen LogP contribution in [0.1, 0.15) is 45.4 Å². The normalized spacial score (nSPS) is 16.6. The first-order chi connectivity index (χ1) is 10.2. The van der Waals surface area contributed by atoms with Gasteiger partial charge in [-0.05, 0) is 37.8 Å². The van der Waals surface area contributed by atoms with Crippen LogP contribution in [0.25, 0.3) is 0 Å². The molecule has 1 saturated heterocycles. The molecule has 0 spiro atoms. The summed E-state index contributed by atoms with van der Waals surface area (Å²) in [6.45, 7) is 4.23. The Hall–Kier alpha value is -1.62. The predicted octanol–water partition coefficient (Wildman–Crippen LogP) is 2.53. The molecule has 5 nitrogen and oxygen atoms in total. The van der Waals surface area contributed by atoms with Crippen molar-refractivity contribution in [3.05, 3.63) is 18.3 Å². The second-order valence-electron chi connectivity index (χ2n) is 5.69. The predicted molar refractivity (Wildman–Crippen MR) is 86.4 cm³/mol. The highest BCUT2D eigenvalue weighted by atomic mass is 16.2. The summed E-state index contributed by atoms with van der Waals surface area (Å²) in [5, 5.41) is 2.84. The number of hydrogen-bond donors (Lipinski definition) is 2. The van der Waals surface area contributed by atoms with Gasteiger partial charge >= 0.3 is 0 Å². The fourth-order valence-electron chi connectivity index (χ4n) is 2.56. The van der Waals surface area contributed by atoms with Crippen LogP contribution in [-0.2, 0) is 4.79 Å². The summed E-state index contributed by atoms with van der Waals surface area (Å²) in [5.41, 5.74) is 6.57. The number of nitrogens with zero attached hydrogens (tertiary/aromatic N) is 2. The lowest BCUT2D eigenvalue weighted by Gasteiger charge is -2.27. The van der Waals surface area contributed by atoms with E-state index in [4.69, 9.17) is 5.73 Å². The van der Waals surface area contributed by atoms with E-state index in [0.29, 0.717) is 5.69 Å². The van der Waals surface area contributed by atoms with E-state index in [9.17, 15) is 4.79 Å². The number of rotatable bonds is 6. The smallest absolute Gasteiger partial charge is 0.241 e. The topological polar surface area (TPSA) is 71.2 Å². The summed E-state index contributed by atoms with van der Waals surface area (Å²) in [6, 6.07) is 3.44. The molecule has 1 aliphatic rings. The number of unbranched alkanes of at least 4 members (excludes halogenated alkanes) is 1. The van der Waals surface area contributed by atoms with E-state index in [1.165, 1.54) is 19.3 Å². The Labute approximate surface area is 126 Å². The first-order valence-corrected chi connectivity index (χ1v) is 7.98. The summed E-state index contributed by atoms with van der Waals surface area (Å²) in [7, 11) is 0. The number of hydrogen-bond acceptors (Lipinski definition) is 4. The zero-order chi connectivity index (χ0) is 15.1. The van der Waals surface area contributed by atoms with Gasteiger partial charge in [0.25, 0.3) is 0 Å². The lowest BCUT2D eigenvalue weighted by atomic mass is 10.1. The van der Waals surface area contributed by atoms with Crippen LogP contribution in [0.2, 0.25) is 0 Å². The van der Waals surface area contributed by atoms with Gasteiger partial charge < -0.3 is 16.0 Å². The molecule has 0 aromatic carbocycles. The fourth-order valence-corrected chi connectivity index (χ4v) is 2.56. The highest BCUT2D eigenvalue weighted by Gasteiger charge is 2.14. The lowest BCUT2D eigenvalue weighted by Crippen LogP contribution is -2.35. The van der Waals surface area contributed by atoms with Crippen LogP contribution < -0.4 is 16.0 Å². The quantitative estimate of drug-likeness (QED) is 0.844. The molecule has 116 valence electrons. The number of pyridine rings is 1. The molecule has 1 aromatic heterocycles. The average molecular weight is 290 g/mol. The number of amides is 1. The molecule has 2 heterocycles. The van der Waals surface area contributed by atoms with Gasteiger partial charge in [0.05, 0.1) is 17.9 Å². The Morgan fingerprint density at radius 3 is 2.76 bits per heavy atom. The van der Waals surface area contributed by atoms with Crippen molar-refractivity contribution in [2.24, 2.45) is 5.73 Å². The van der Waals surface area contributed by atoms with Gasteiger partial charge in [-0.25, -0.2) is 4.98 Å². The molecule has 1 aliphatic heterocycles. The summed E-state index contributed by atoms with van der Waals surface area (Å²) in [6.07, 6.45) is 8.23. The molecule has 21 heavy (non-hydrogen) atoms. The Morgan fingerprint density at radius 2 is 2.14 bits per heavy atom. The number of aromatic nitrogens is 1. The summed E-state index contributed by atoms with van der Waals surface area (Å²) < 4.78 is 0. The number of piperidine rings is 1. The minimum atomic E-state index is -0.438. The highest BCUT2D eigenvalue weighted by Crippen LogP contribution is 2.19.